The van der Waals surface area contributed by atoms with E-state index in [0.717, 1.165) is 41.0 Å². The van der Waals surface area contributed by atoms with Crippen molar-refractivity contribution in [2.75, 3.05) is 13.1 Å². The summed E-state index contributed by atoms with van der Waals surface area (Å²) in [4.78, 5) is 31.8. The monoisotopic (exact) mass is 505 g/mol. The maximum atomic E-state index is 14.2. The summed E-state index contributed by atoms with van der Waals surface area (Å²) in [7, 11) is 0. The largest absolute Gasteiger partial charge is 0.486 e. The summed E-state index contributed by atoms with van der Waals surface area (Å²) in [6.07, 6.45) is 4.98. The number of hydrogen-bond donors (Lipinski definition) is 1. The predicted molar refractivity (Wildman–Crippen MR) is 134 cm³/mol. The van der Waals surface area contributed by atoms with Crippen molar-refractivity contribution in [1.29, 1.82) is 0 Å². The molecule has 2 aromatic carbocycles. The highest BCUT2D eigenvalue weighted by atomic mass is 32.1. The smallest absolute Gasteiger partial charge is 0.270 e. The number of hydrogen-bond acceptors (Lipinski definition) is 5. The molecular formula is C28H28FN3O3S. The highest BCUT2D eigenvalue weighted by Gasteiger charge is 2.39. The Hall–Kier alpha value is -3.26. The van der Waals surface area contributed by atoms with E-state index in [0.29, 0.717) is 30.5 Å². The lowest BCUT2D eigenvalue weighted by atomic mass is 9.87. The number of nitrogens with zero attached hydrogens (tertiary/aromatic N) is 2. The van der Waals surface area contributed by atoms with Gasteiger partial charge in [0.15, 0.2) is 0 Å². The van der Waals surface area contributed by atoms with E-state index >= 15 is 0 Å². The summed E-state index contributed by atoms with van der Waals surface area (Å²) in [6.45, 7) is 1.58. The molecule has 2 heterocycles. The van der Waals surface area contributed by atoms with Gasteiger partial charge >= 0.3 is 0 Å². The average molecular weight is 506 g/mol. The Balaban J connectivity index is 1.21. The normalized spacial score (nSPS) is 19.0. The molecule has 3 aromatic rings. The number of carbonyl (C=O) groups excluding carboxylic acids is 2. The van der Waals surface area contributed by atoms with Crippen molar-refractivity contribution in [3.63, 3.8) is 0 Å². The Labute approximate surface area is 213 Å². The molecule has 2 amide bonds. The first-order valence-corrected chi connectivity index (χ1v) is 13.5. The highest BCUT2D eigenvalue weighted by molar-refractivity contribution is 7.09. The molecule has 6 rings (SSSR count). The molecule has 2 saturated carbocycles. The molecule has 1 aliphatic heterocycles. The van der Waals surface area contributed by atoms with Gasteiger partial charge in [-0.2, -0.15) is 0 Å². The number of halogens is 1. The van der Waals surface area contributed by atoms with Gasteiger partial charge in [0.05, 0.1) is 6.04 Å². The highest BCUT2D eigenvalue weighted by Crippen LogP contribution is 2.41. The SMILES string of the molecule is O=C(NCC1CC1)c1csc(COc2ccc3c(c2)[C@H](c2cccc(F)c2)N(C(=O)C2CC2)CC3)n1. The van der Waals surface area contributed by atoms with Gasteiger partial charge in [0.1, 0.15) is 28.9 Å². The predicted octanol–water partition coefficient (Wildman–Crippen LogP) is 4.89. The third-order valence-electron chi connectivity index (χ3n) is 7.11. The van der Waals surface area contributed by atoms with Crippen LogP contribution in [-0.4, -0.2) is 34.8 Å². The standard InChI is InChI=1S/C28H28FN3O3S/c29-21-3-1-2-20(12-21)26-23-13-22(9-8-18(23)10-11-32(26)28(34)19-6-7-19)35-15-25-31-24(16-36-25)27(33)30-14-17-4-5-17/h1-3,8-9,12-13,16-17,19,26H,4-7,10-11,14-15H2,(H,30,33)/t26-/m0/s1. The molecular weight excluding hydrogens is 477 g/mol. The quantitative estimate of drug-likeness (QED) is 0.474. The Morgan fingerprint density at radius 2 is 2.00 bits per heavy atom. The van der Waals surface area contributed by atoms with Gasteiger partial charge < -0.3 is 15.0 Å². The van der Waals surface area contributed by atoms with Crippen LogP contribution >= 0.6 is 11.3 Å². The number of aromatic nitrogens is 1. The third-order valence-corrected chi connectivity index (χ3v) is 7.94. The number of nitrogens with one attached hydrogen (secondary N) is 1. The molecule has 0 bridgehead atoms. The Bertz CT molecular complexity index is 1300. The van der Waals surface area contributed by atoms with Crippen LogP contribution in [0.4, 0.5) is 4.39 Å². The van der Waals surface area contributed by atoms with Crippen LogP contribution in [0.5, 0.6) is 5.75 Å². The summed E-state index contributed by atoms with van der Waals surface area (Å²) >= 11 is 1.40. The second-order valence-electron chi connectivity index (χ2n) is 9.94. The molecule has 0 radical (unpaired) electrons. The molecule has 1 N–H and O–H groups in total. The molecule has 186 valence electrons. The second kappa shape index (κ2) is 9.65. The molecule has 0 spiro atoms. The number of benzene rings is 2. The Morgan fingerprint density at radius 1 is 1.14 bits per heavy atom. The second-order valence-corrected chi connectivity index (χ2v) is 10.9. The maximum Gasteiger partial charge on any atom is 0.270 e. The first-order chi connectivity index (χ1) is 17.5. The van der Waals surface area contributed by atoms with Crippen LogP contribution in [-0.2, 0) is 17.8 Å². The minimum absolute atomic E-state index is 0.0858. The molecule has 1 atom stereocenters. The van der Waals surface area contributed by atoms with Crippen molar-refractivity contribution in [3.05, 3.63) is 81.1 Å². The van der Waals surface area contributed by atoms with Gasteiger partial charge in [0.2, 0.25) is 5.91 Å². The van der Waals surface area contributed by atoms with E-state index < -0.39 is 0 Å². The summed E-state index contributed by atoms with van der Waals surface area (Å²) in [5.41, 5.74) is 3.30. The van der Waals surface area contributed by atoms with Gasteiger partial charge in [-0.15, -0.1) is 11.3 Å². The lowest BCUT2D eigenvalue weighted by Gasteiger charge is -2.38. The molecule has 3 aliphatic rings. The molecule has 8 heteroatoms. The summed E-state index contributed by atoms with van der Waals surface area (Å²) in [6, 6.07) is 12.1. The van der Waals surface area contributed by atoms with Crippen molar-refractivity contribution in [2.45, 2.75) is 44.8 Å². The molecule has 2 aliphatic carbocycles. The summed E-state index contributed by atoms with van der Waals surface area (Å²) in [5.74, 6) is 1.05. The molecule has 0 unspecified atom stereocenters. The first-order valence-electron chi connectivity index (χ1n) is 12.6. The average Bonchev–Trinajstić information content (AvgIpc) is 3.83. The first kappa shape index (κ1) is 23.2. The minimum Gasteiger partial charge on any atom is -0.486 e. The number of carbonyl (C=O) groups is 2. The van der Waals surface area contributed by atoms with E-state index in [1.807, 2.05) is 29.2 Å². The lowest BCUT2D eigenvalue weighted by Crippen LogP contribution is -2.41. The topological polar surface area (TPSA) is 71.5 Å². The van der Waals surface area contributed by atoms with Gasteiger partial charge in [-0.25, -0.2) is 9.37 Å². The van der Waals surface area contributed by atoms with Crippen LogP contribution in [0.2, 0.25) is 0 Å². The number of ether oxygens (including phenoxy) is 1. The van der Waals surface area contributed by atoms with Crippen molar-refractivity contribution < 1.29 is 18.7 Å². The molecule has 36 heavy (non-hydrogen) atoms. The fourth-order valence-corrected chi connectivity index (χ4v) is 5.48. The van der Waals surface area contributed by atoms with Crippen LogP contribution in [0.3, 0.4) is 0 Å². The van der Waals surface area contributed by atoms with E-state index in [2.05, 4.69) is 10.3 Å². The molecule has 1 aromatic heterocycles. The lowest BCUT2D eigenvalue weighted by molar-refractivity contribution is -0.134. The van der Waals surface area contributed by atoms with Gasteiger partial charge in [-0.1, -0.05) is 18.2 Å². The Kier molecular flexibility index (Phi) is 6.21. The number of thiazole rings is 1. The van der Waals surface area contributed by atoms with Crippen molar-refractivity contribution >= 4 is 23.2 Å². The minimum atomic E-state index is -0.345. The number of amides is 2. The number of rotatable bonds is 8. The molecule has 0 saturated heterocycles. The zero-order valence-corrected chi connectivity index (χ0v) is 20.7. The zero-order valence-electron chi connectivity index (χ0n) is 19.9. The molecule has 6 nitrogen and oxygen atoms in total. The third kappa shape index (κ3) is 5.00. The van der Waals surface area contributed by atoms with Gasteiger partial charge in [0, 0.05) is 24.4 Å². The number of fused-ring (bicyclic) bond motifs is 1. The molecule has 2 fully saturated rings. The van der Waals surface area contributed by atoms with E-state index in [-0.39, 0.29) is 36.2 Å². The Morgan fingerprint density at radius 3 is 2.78 bits per heavy atom. The van der Waals surface area contributed by atoms with Gasteiger partial charge in [-0.05, 0) is 79.0 Å². The van der Waals surface area contributed by atoms with Gasteiger partial charge in [0.25, 0.3) is 5.91 Å². The van der Waals surface area contributed by atoms with E-state index in [1.165, 1.54) is 36.3 Å². The van der Waals surface area contributed by atoms with E-state index in [1.54, 1.807) is 11.4 Å². The summed E-state index contributed by atoms with van der Waals surface area (Å²) in [5, 5.41) is 5.42. The fraction of sp³-hybridized carbons (Fsp3) is 0.393. The van der Waals surface area contributed by atoms with E-state index in [9.17, 15) is 14.0 Å². The van der Waals surface area contributed by atoms with Crippen LogP contribution < -0.4 is 10.1 Å². The van der Waals surface area contributed by atoms with Crippen molar-refractivity contribution in [2.24, 2.45) is 11.8 Å². The van der Waals surface area contributed by atoms with Crippen molar-refractivity contribution in [3.8, 4) is 5.75 Å². The van der Waals surface area contributed by atoms with Crippen molar-refractivity contribution in [1.82, 2.24) is 15.2 Å². The summed E-state index contributed by atoms with van der Waals surface area (Å²) < 4.78 is 20.2. The fourth-order valence-electron chi connectivity index (χ4n) is 4.80. The zero-order chi connectivity index (χ0) is 24.6. The van der Waals surface area contributed by atoms with Gasteiger partial charge in [-0.3, -0.25) is 9.59 Å². The van der Waals surface area contributed by atoms with Crippen LogP contribution in [0, 0.1) is 17.7 Å². The van der Waals surface area contributed by atoms with Crippen LogP contribution in [0.1, 0.15) is 63.9 Å². The van der Waals surface area contributed by atoms with Crippen LogP contribution in [0.15, 0.2) is 47.8 Å². The van der Waals surface area contributed by atoms with Crippen LogP contribution in [0.25, 0.3) is 0 Å². The maximum absolute atomic E-state index is 14.2. The van der Waals surface area contributed by atoms with E-state index in [4.69, 9.17) is 4.74 Å².